The number of aromatic nitrogens is 1. The number of aryl methyl sites for hydroxylation is 1. The van der Waals surface area contributed by atoms with Crippen LogP contribution in [0.15, 0.2) is 29.6 Å². The Hall–Kier alpha value is -0.330. The first-order chi connectivity index (χ1) is 7.16. The van der Waals surface area contributed by atoms with E-state index in [1.807, 2.05) is 31.3 Å². The molecule has 0 aliphatic carbocycles. The zero-order chi connectivity index (χ0) is 10.8. The molecule has 0 spiro atoms. The Kier molecular flexibility index (Phi) is 5.01. The molecular formula is C11H12ClIN2S. The summed E-state index contributed by atoms with van der Waals surface area (Å²) in [7, 11) is 2.04. The van der Waals surface area contributed by atoms with E-state index in [4.69, 9.17) is 11.6 Å². The van der Waals surface area contributed by atoms with E-state index in [-0.39, 0.29) is 24.0 Å². The molecule has 0 saturated heterocycles. The van der Waals surface area contributed by atoms with E-state index in [1.54, 1.807) is 11.3 Å². The summed E-state index contributed by atoms with van der Waals surface area (Å²) in [6.07, 6.45) is 0. The number of halogens is 2. The molecule has 1 N–H and O–H groups in total. The first kappa shape index (κ1) is 13.7. The minimum atomic E-state index is 0. The third kappa shape index (κ3) is 3.09. The van der Waals surface area contributed by atoms with Crippen LogP contribution in [0.3, 0.4) is 0 Å². The Labute approximate surface area is 121 Å². The second kappa shape index (κ2) is 5.84. The van der Waals surface area contributed by atoms with Crippen LogP contribution in [0.1, 0.15) is 5.69 Å². The molecule has 5 heteroatoms. The van der Waals surface area contributed by atoms with Crippen molar-refractivity contribution in [2.45, 2.75) is 6.92 Å². The molecule has 86 valence electrons. The summed E-state index contributed by atoms with van der Waals surface area (Å²) in [5.74, 6) is 0. The molecule has 0 aliphatic rings. The van der Waals surface area contributed by atoms with Crippen molar-refractivity contribution in [1.82, 2.24) is 0 Å². The zero-order valence-electron chi connectivity index (χ0n) is 9.00. The predicted octanol–water partition coefficient (Wildman–Crippen LogP) is 0.282. The molecule has 2 nitrogen and oxygen atoms in total. The number of nitrogens with zero attached hydrogens (tertiary/aromatic N) is 1. The molecule has 0 radical (unpaired) electrons. The molecular weight excluding hydrogens is 355 g/mol. The van der Waals surface area contributed by atoms with Gasteiger partial charge in [0, 0.05) is 16.5 Å². The fraction of sp³-hybridized carbons (Fsp3) is 0.182. The van der Waals surface area contributed by atoms with Gasteiger partial charge in [0.25, 0.3) is 0 Å². The van der Waals surface area contributed by atoms with Gasteiger partial charge in [0.2, 0.25) is 0 Å². The third-order valence-corrected chi connectivity index (χ3v) is 3.54. The van der Waals surface area contributed by atoms with E-state index >= 15 is 0 Å². The van der Waals surface area contributed by atoms with Crippen molar-refractivity contribution in [3.63, 3.8) is 0 Å². The van der Waals surface area contributed by atoms with Crippen LogP contribution in [0.25, 0.3) is 0 Å². The summed E-state index contributed by atoms with van der Waals surface area (Å²) in [4.78, 5) is 0. The highest BCUT2D eigenvalue weighted by molar-refractivity contribution is 7.13. The van der Waals surface area contributed by atoms with Gasteiger partial charge in [0.05, 0.1) is 7.05 Å². The number of benzene rings is 1. The summed E-state index contributed by atoms with van der Waals surface area (Å²) >= 11 is 7.60. The number of thiazole rings is 1. The van der Waals surface area contributed by atoms with Crippen molar-refractivity contribution in [2.24, 2.45) is 7.05 Å². The van der Waals surface area contributed by atoms with Gasteiger partial charge < -0.3 is 24.0 Å². The highest BCUT2D eigenvalue weighted by Crippen LogP contribution is 2.21. The average Bonchev–Trinajstić information content (AvgIpc) is 2.50. The lowest BCUT2D eigenvalue weighted by atomic mass is 10.3. The van der Waals surface area contributed by atoms with Crippen molar-refractivity contribution in [2.75, 3.05) is 5.32 Å². The molecule has 1 aromatic heterocycles. The van der Waals surface area contributed by atoms with Gasteiger partial charge in [-0.3, -0.25) is 0 Å². The van der Waals surface area contributed by atoms with Gasteiger partial charge in [-0.1, -0.05) is 29.0 Å². The molecule has 0 atom stereocenters. The summed E-state index contributed by atoms with van der Waals surface area (Å²) < 4.78 is 2.12. The standard InChI is InChI=1S/C11H11ClN2S.HI/c1-8-7-15-11(14(8)2)13-10-5-3-4-9(12)6-10;/h3-7H,1-2H3;1H. The largest absolute Gasteiger partial charge is 1.00 e. The van der Waals surface area contributed by atoms with Crippen LogP contribution in [0, 0.1) is 6.92 Å². The maximum Gasteiger partial charge on any atom is 0.338 e. The van der Waals surface area contributed by atoms with Crippen molar-refractivity contribution in [1.29, 1.82) is 0 Å². The van der Waals surface area contributed by atoms with Crippen LogP contribution in [0.5, 0.6) is 0 Å². The van der Waals surface area contributed by atoms with Gasteiger partial charge in [-0.2, -0.15) is 0 Å². The van der Waals surface area contributed by atoms with Gasteiger partial charge in [0.1, 0.15) is 11.4 Å². The zero-order valence-corrected chi connectivity index (χ0v) is 12.7. The van der Waals surface area contributed by atoms with Crippen LogP contribution in [-0.2, 0) is 7.05 Å². The number of rotatable bonds is 2. The molecule has 1 heterocycles. The molecule has 16 heavy (non-hydrogen) atoms. The monoisotopic (exact) mass is 366 g/mol. The maximum absolute atomic E-state index is 5.91. The summed E-state index contributed by atoms with van der Waals surface area (Å²) in [6.45, 7) is 2.08. The minimum absolute atomic E-state index is 0. The lowest BCUT2D eigenvalue weighted by Gasteiger charge is -1.98. The van der Waals surface area contributed by atoms with Crippen LogP contribution in [-0.4, -0.2) is 0 Å². The summed E-state index contributed by atoms with van der Waals surface area (Å²) in [6, 6.07) is 7.72. The number of anilines is 2. The Morgan fingerprint density at radius 2 is 2.12 bits per heavy atom. The van der Waals surface area contributed by atoms with Crippen LogP contribution < -0.4 is 33.9 Å². The van der Waals surface area contributed by atoms with Crippen molar-refractivity contribution in [3.05, 3.63) is 40.4 Å². The molecule has 0 unspecified atom stereocenters. The predicted molar refractivity (Wildman–Crippen MR) is 65.0 cm³/mol. The lowest BCUT2D eigenvalue weighted by molar-refractivity contribution is -0.658. The first-order valence-corrected chi connectivity index (χ1v) is 5.89. The highest BCUT2D eigenvalue weighted by Gasteiger charge is 2.11. The molecule has 0 bridgehead atoms. The normalized spacial score (nSPS) is 9.69. The van der Waals surface area contributed by atoms with Crippen molar-refractivity contribution >= 4 is 33.8 Å². The van der Waals surface area contributed by atoms with Crippen LogP contribution in [0.4, 0.5) is 10.8 Å². The quantitative estimate of drug-likeness (QED) is 0.596. The van der Waals surface area contributed by atoms with E-state index in [0.717, 1.165) is 15.8 Å². The first-order valence-electron chi connectivity index (χ1n) is 4.63. The van der Waals surface area contributed by atoms with Crippen molar-refractivity contribution in [3.8, 4) is 0 Å². The van der Waals surface area contributed by atoms with Gasteiger partial charge in [0.15, 0.2) is 0 Å². The van der Waals surface area contributed by atoms with Crippen LogP contribution in [0.2, 0.25) is 5.02 Å². The molecule has 2 rings (SSSR count). The fourth-order valence-electron chi connectivity index (χ4n) is 1.26. The smallest absolute Gasteiger partial charge is 0.338 e. The molecule has 0 fully saturated rings. The summed E-state index contributed by atoms with van der Waals surface area (Å²) in [5.41, 5.74) is 2.25. The lowest BCUT2D eigenvalue weighted by Crippen LogP contribution is -3.00. The highest BCUT2D eigenvalue weighted by atomic mass is 127. The molecule has 0 saturated carbocycles. The molecule has 2 aromatic rings. The Morgan fingerprint density at radius 1 is 1.38 bits per heavy atom. The van der Waals surface area contributed by atoms with E-state index < -0.39 is 0 Å². The topological polar surface area (TPSA) is 15.9 Å². The second-order valence-corrected chi connectivity index (χ2v) is 4.67. The molecule has 1 aromatic carbocycles. The number of nitrogens with one attached hydrogen (secondary N) is 1. The number of hydrogen-bond acceptors (Lipinski definition) is 2. The molecule has 0 aliphatic heterocycles. The maximum atomic E-state index is 5.91. The second-order valence-electron chi connectivity index (χ2n) is 3.38. The Morgan fingerprint density at radius 3 is 2.69 bits per heavy atom. The van der Waals surface area contributed by atoms with Gasteiger partial charge >= 0.3 is 5.13 Å². The fourth-order valence-corrected chi connectivity index (χ4v) is 2.37. The third-order valence-electron chi connectivity index (χ3n) is 2.25. The van der Waals surface area contributed by atoms with Gasteiger partial charge in [-0.25, -0.2) is 9.88 Å². The van der Waals surface area contributed by atoms with E-state index in [2.05, 4.69) is 22.2 Å². The Balaban J connectivity index is 0.00000128. The van der Waals surface area contributed by atoms with Crippen LogP contribution >= 0.6 is 22.9 Å². The SMILES string of the molecule is Cc1csc(Nc2cccc(Cl)c2)[n+]1C.[I-]. The minimum Gasteiger partial charge on any atom is -1.00 e. The molecule has 0 amide bonds. The number of hydrogen-bond donors (Lipinski definition) is 1. The Bertz CT molecular complexity index is 485. The van der Waals surface area contributed by atoms with Crippen molar-refractivity contribution < 1.29 is 28.5 Å². The van der Waals surface area contributed by atoms with E-state index in [9.17, 15) is 0 Å². The van der Waals surface area contributed by atoms with Gasteiger partial charge in [-0.15, -0.1) is 0 Å². The van der Waals surface area contributed by atoms with E-state index in [1.165, 1.54) is 5.69 Å². The summed E-state index contributed by atoms with van der Waals surface area (Å²) in [5, 5.41) is 7.30. The average molecular weight is 367 g/mol. The van der Waals surface area contributed by atoms with Gasteiger partial charge in [-0.05, 0) is 19.1 Å². The van der Waals surface area contributed by atoms with E-state index in [0.29, 0.717) is 0 Å².